The molecule has 0 atom stereocenters. The summed E-state index contributed by atoms with van der Waals surface area (Å²) in [4.78, 5) is 12.1. The third-order valence-electron chi connectivity index (χ3n) is 3.75. The molecule has 1 amide bonds. The zero-order valence-corrected chi connectivity index (χ0v) is 15.0. The van der Waals surface area contributed by atoms with Crippen molar-refractivity contribution in [1.82, 2.24) is 20.4 Å². The van der Waals surface area contributed by atoms with E-state index in [9.17, 15) is 4.79 Å². The first-order valence-electron chi connectivity index (χ1n) is 8.34. The lowest BCUT2D eigenvalue weighted by Gasteiger charge is -1.98. The van der Waals surface area contributed by atoms with Crippen molar-refractivity contribution in [3.8, 4) is 22.0 Å². The van der Waals surface area contributed by atoms with Crippen molar-refractivity contribution < 1.29 is 9.21 Å². The molecular formula is C19H15N5O2S. The average molecular weight is 377 g/mol. The average Bonchev–Trinajstić information content (AvgIpc) is 3.37. The van der Waals surface area contributed by atoms with Crippen LogP contribution in [-0.2, 0) is 11.2 Å². The van der Waals surface area contributed by atoms with E-state index in [2.05, 4.69) is 25.7 Å². The molecule has 0 saturated carbocycles. The van der Waals surface area contributed by atoms with Crippen LogP contribution in [0.2, 0.25) is 0 Å². The van der Waals surface area contributed by atoms with E-state index < -0.39 is 0 Å². The molecule has 27 heavy (non-hydrogen) atoms. The molecule has 2 heterocycles. The largest absolute Gasteiger partial charge is 0.421 e. The van der Waals surface area contributed by atoms with E-state index in [-0.39, 0.29) is 12.3 Å². The van der Waals surface area contributed by atoms with Gasteiger partial charge in [-0.15, -0.1) is 20.4 Å². The highest BCUT2D eigenvalue weighted by atomic mass is 32.1. The molecule has 0 unspecified atom stereocenters. The van der Waals surface area contributed by atoms with Gasteiger partial charge in [0.15, 0.2) is 0 Å². The Morgan fingerprint density at radius 3 is 2.33 bits per heavy atom. The van der Waals surface area contributed by atoms with Crippen molar-refractivity contribution >= 4 is 22.4 Å². The second-order valence-electron chi connectivity index (χ2n) is 5.69. The summed E-state index contributed by atoms with van der Waals surface area (Å²) < 4.78 is 5.60. The van der Waals surface area contributed by atoms with E-state index >= 15 is 0 Å². The minimum atomic E-state index is -0.176. The number of amides is 1. The molecule has 0 saturated heterocycles. The van der Waals surface area contributed by atoms with Crippen molar-refractivity contribution in [2.24, 2.45) is 0 Å². The zero-order valence-electron chi connectivity index (χ0n) is 14.2. The molecule has 134 valence electrons. The van der Waals surface area contributed by atoms with Crippen LogP contribution in [0.15, 0.2) is 65.1 Å². The maximum atomic E-state index is 12.1. The molecule has 0 fully saturated rings. The van der Waals surface area contributed by atoms with Gasteiger partial charge in [0.25, 0.3) is 0 Å². The highest BCUT2D eigenvalue weighted by Gasteiger charge is 2.12. The van der Waals surface area contributed by atoms with Gasteiger partial charge in [0.2, 0.25) is 22.8 Å². The molecule has 0 aliphatic rings. The van der Waals surface area contributed by atoms with E-state index in [4.69, 9.17) is 4.42 Å². The van der Waals surface area contributed by atoms with Crippen LogP contribution in [0.5, 0.6) is 0 Å². The Labute approximate surface area is 159 Å². The first-order chi connectivity index (χ1) is 13.3. The summed E-state index contributed by atoms with van der Waals surface area (Å²) in [6.07, 6.45) is 0.576. The lowest BCUT2D eigenvalue weighted by Crippen LogP contribution is -2.12. The van der Waals surface area contributed by atoms with Gasteiger partial charge in [-0.25, -0.2) is 0 Å². The number of carbonyl (C=O) groups excluding carboxylic acids is 1. The Morgan fingerprint density at radius 2 is 1.59 bits per heavy atom. The Balaban J connectivity index is 1.33. The fourth-order valence-electron chi connectivity index (χ4n) is 2.43. The van der Waals surface area contributed by atoms with E-state index in [1.165, 1.54) is 11.3 Å². The van der Waals surface area contributed by atoms with Crippen molar-refractivity contribution in [2.45, 2.75) is 12.8 Å². The highest BCUT2D eigenvalue weighted by molar-refractivity contribution is 7.18. The molecule has 0 aliphatic heterocycles. The molecule has 0 aliphatic carbocycles. The quantitative estimate of drug-likeness (QED) is 0.549. The number of aryl methyl sites for hydroxylation is 1. The smallest absolute Gasteiger partial charge is 0.247 e. The molecule has 8 heteroatoms. The number of anilines is 1. The Hall–Kier alpha value is -3.39. The topological polar surface area (TPSA) is 93.8 Å². The summed E-state index contributed by atoms with van der Waals surface area (Å²) in [7, 11) is 0. The Morgan fingerprint density at radius 1 is 0.889 bits per heavy atom. The monoisotopic (exact) mass is 377 g/mol. The molecule has 2 aromatic carbocycles. The van der Waals surface area contributed by atoms with Crippen LogP contribution in [0, 0.1) is 0 Å². The number of nitrogens with zero attached hydrogens (tertiary/aromatic N) is 4. The molecule has 2 aromatic heterocycles. The number of hydrogen-bond donors (Lipinski definition) is 1. The van der Waals surface area contributed by atoms with E-state index in [0.29, 0.717) is 23.3 Å². The summed E-state index contributed by atoms with van der Waals surface area (Å²) in [5.41, 5.74) is 1.82. The predicted octanol–water partition coefficient (Wildman–Crippen LogP) is 3.83. The summed E-state index contributed by atoms with van der Waals surface area (Å²) in [5.74, 6) is 0.694. The van der Waals surface area contributed by atoms with Gasteiger partial charge >= 0.3 is 0 Å². The van der Waals surface area contributed by atoms with Crippen LogP contribution in [-0.4, -0.2) is 26.3 Å². The van der Waals surface area contributed by atoms with Gasteiger partial charge in [0, 0.05) is 24.0 Å². The van der Waals surface area contributed by atoms with Gasteiger partial charge in [-0.1, -0.05) is 59.9 Å². The molecule has 0 bridgehead atoms. The third kappa shape index (κ3) is 4.24. The molecule has 0 radical (unpaired) electrons. The first-order valence-corrected chi connectivity index (χ1v) is 9.16. The van der Waals surface area contributed by atoms with Crippen LogP contribution in [0.25, 0.3) is 22.0 Å². The number of nitrogens with one attached hydrogen (secondary N) is 1. The predicted molar refractivity (Wildman–Crippen MR) is 102 cm³/mol. The second-order valence-corrected chi connectivity index (χ2v) is 6.67. The summed E-state index contributed by atoms with van der Waals surface area (Å²) in [5, 5.41) is 20.1. The summed E-state index contributed by atoms with van der Waals surface area (Å²) in [6, 6.07) is 19.2. The number of carbonyl (C=O) groups is 1. The van der Waals surface area contributed by atoms with Crippen LogP contribution in [0.1, 0.15) is 12.3 Å². The lowest BCUT2D eigenvalue weighted by atomic mass is 10.2. The van der Waals surface area contributed by atoms with Gasteiger partial charge in [-0.2, -0.15) is 0 Å². The Kier molecular flexibility index (Phi) is 4.97. The van der Waals surface area contributed by atoms with Gasteiger partial charge in [0.05, 0.1) is 0 Å². The fourth-order valence-corrected chi connectivity index (χ4v) is 3.19. The molecule has 4 rings (SSSR count). The SMILES string of the molecule is O=C(CCc1nnc(-c2ccccc2)o1)Nc1nnc(-c2ccccc2)s1. The van der Waals surface area contributed by atoms with E-state index in [1.54, 1.807) is 0 Å². The van der Waals surface area contributed by atoms with Gasteiger partial charge in [0.1, 0.15) is 5.01 Å². The number of rotatable bonds is 6. The van der Waals surface area contributed by atoms with E-state index in [0.717, 1.165) is 16.1 Å². The molecule has 7 nitrogen and oxygen atoms in total. The maximum Gasteiger partial charge on any atom is 0.247 e. The minimum Gasteiger partial charge on any atom is -0.421 e. The van der Waals surface area contributed by atoms with Crippen molar-refractivity contribution in [3.63, 3.8) is 0 Å². The standard InChI is InChI=1S/C19H15N5O2S/c25-15(20-19-24-23-18(27-19)14-9-5-2-6-10-14)11-12-16-21-22-17(26-16)13-7-3-1-4-8-13/h1-10H,11-12H2,(H,20,24,25). The molecule has 0 spiro atoms. The minimum absolute atomic E-state index is 0.176. The second kappa shape index (κ2) is 7.88. The van der Waals surface area contributed by atoms with Crippen LogP contribution in [0.4, 0.5) is 5.13 Å². The van der Waals surface area contributed by atoms with Gasteiger partial charge in [-0.05, 0) is 12.1 Å². The molecular weight excluding hydrogens is 362 g/mol. The maximum absolute atomic E-state index is 12.1. The number of hydrogen-bond acceptors (Lipinski definition) is 7. The highest BCUT2D eigenvalue weighted by Crippen LogP contribution is 2.26. The van der Waals surface area contributed by atoms with E-state index in [1.807, 2.05) is 60.7 Å². The fraction of sp³-hybridized carbons (Fsp3) is 0.105. The van der Waals surface area contributed by atoms with Crippen LogP contribution >= 0.6 is 11.3 Å². The van der Waals surface area contributed by atoms with Crippen molar-refractivity contribution in [3.05, 3.63) is 66.6 Å². The normalized spacial score (nSPS) is 10.7. The number of benzene rings is 2. The lowest BCUT2D eigenvalue weighted by molar-refractivity contribution is -0.116. The first kappa shape index (κ1) is 17.0. The third-order valence-corrected chi connectivity index (χ3v) is 4.63. The zero-order chi connectivity index (χ0) is 18.5. The van der Waals surface area contributed by atoms with Crippen molar-refractivity contribution in [1.29, 1.82) is 0 Å². The Bertz CT molecular complexity index is 1030. The molecule has 4 aromatic rings. The van der Waals surface area contributed by atoms with Crippen LogP contribution in [0.3, 0.4) is 0 Å². The number of aromatic nitrogens is 4. The van der Waals surface area contributed by atoms with Gasteiger partial charge in [-0.3, -0.25) is 4.79 Å². The summed E-state index contributed by atoms with van der Waals surface area (Å²) >= 11 is 1.33. The van der Waals surface area contributed by atoms with Gasteiger partial charge < -0.3 is 9.73 Å². The van der Waals surface area contributed by atoms with Crippen LogP contribution < -0.4 is 5.32 Å². The summed E-state index contributed by atoms with van der Waals surface area (Å²) in [6.45, 7) is 0. The van der Waals surface area contributed by atoms with Crippen molar-refractivity contribution in [2.75, 3.05) is 5.32 Å². The molecule has 1 N–H and O–H groups in total.